The molecule has 0 heterocycles. The monoisotopic (exact) mass is 403 g/mol. The molecule has 7 heteroatoms. The van der Waals surface area contributed by atoms with Gasteiger partial charge in [-0.05, 0) is 43.2 Å². The van der Waals surface area contributed by atoms with Gasteiger partial charge in [0.1, 0.15) is 5.82 Å². The Hall–Kier alpha value is -2.54. The Kier molecular flexibility index (Phi) is 8.81. The van der Waals surface area contributed by atoms with Gasteiger partial charge in [-0.15, -0.1) is 0 Å². The summed E-state index contributed by atoms with van der Waals surface area (Å²) in [4.78, 5) is 23.7. The first-order valence-corrected chi connectivity index (χ1v) is 10.3. The molecular weight excluding hydrogens is 377 g/mol. The summed E-state index contributed by atoms with van der Waals surface area (Å²) in [5.74, 6) is 0.931. The second-order valence-electron chi connectivity index (χ2n) is 6.58. The van der Waals surface area contributed by atoms with Crippen LogP contribution in [0.25, 0.3) is 0 Å². The van der Waals surface area contributed by atoms with Crippen molar-refractivity contribution >= 4 is 23.7 Å². The minimum absolute atomic E-state index is 0.0796. The molecule has 3 amide bonds. The predicted octanol–water partition coefficient (Wildman–Crippen LogP) is 3.70. The van der Waals surface area contributed by atoms with Gasteiger partial charge in [0.25, 0.3) is 5.91 Å². The van der Waals surface area contributed by atoms with E-state index in [1.807, 2.05) is 32.0 Å². The Labute approximate surface area is 169 Å². The molecule has 0 saturated carbocycles. The van der Waals surface area contributed by atoms with E-state index in [0.29, 0.717) is 35.7 Å². The van der Waals surface area contributed by atoms with Crippen LogP contribution in [0, 0.1) is 5.82 Å². The average molecular weight is 404 g/mol. The van der Waals surface area contributed by atoms with E-state index in [1.54, 1.807) is 36.0 Å². The third-order valence-electron chi connectivity index (χ3n) is 3.84. The summed E-state index contributed by atoms with van der Waals surface area (Å²) in [7, 11) is 0. The lowest BCUT2D eigenvalue weighted by molar-refractivity contribution is 0.0956. The maximum atomic E-state index is 13.5. The van der Waals surface area contributed by atoms with Gasteiger partial charge >= 0.3 is 6.03 Å². The summed E-state index contributed by atoms with van der Waals surface area (Å²) in [6, 6.07) is 13.7. The first kappa shape index (κ1) is 21.8. The third-order valence-corrected chi connectivity index (χ3v) is 4.84. The van der Waals surface area contributed by atoms with Gasteiger partial charge in [0.05, 0.1) is 0 Å². The minimum Gasteiger partial charge on any atom is -0.351 e. The maximum absolute atomic E-state index is 13.5. The van der Waals surface area contributed by atoms with Crippen molar-refractivity contribution in [3.63, 3.8) is 0 Å². The molecule has 5 nitrogen and oxygen atoms in total. The Morgan fingerprint density at radius 3 is 2.43 bits per heavy atom. The number of carbonyl (C=O) groups is 2. The molecule has 28 heavy (non-hydrogen) atoms. The first-order valence-electron chi connectivity index (χ1n) is 9.18. The highest BCUT2D eigenvalue weighted by atomic mass is 32.2. The summed E-state index contributed by atoms with van der Waals surface area (Å²) in [6.45, 7) is 4.70. The number of rotatable bonds is 9. The number of hydrogen-bond donors (Lipinski definition) is 3. The van der Waals surface area contributed by atoms with Crippen LogP contribution < -0.4 is 16.0 Å². The summed E-state index contributed by atoms with van der Waals surface area (Å²) in [6.07, 6.45) is 0. The van der Waals surface area contributed by atoms with Gasteiger partial charge in [-0.2, -0.15) is 11.8 Å². The zero-order chi connectivity index (χ0) is 20.4. The molecule has 0 aliphatic carbocycles. The van der Waals surface area contributed by atoms with E-state index in [9.17, 15) is 14.0 Å². The van der Waals surface area contributed by atoms with Crippen LogP contribution in [0.1, 0.15) is 35.3 Å². The number of hydrogen-bond acceptors (Lipinski definition) is 3. The Balaban J connectivity index is 1.68. The van der Waals surface area contributed by atoms with Gasteiger partial charge in [0.15, 0.2) is 0 Å². The molecule has 0 fully saturated rings. The zero-order valence-corrected chi connectivity index (χ0v) is 16.9. The lowest BCUT2D eigenvalue weighted by Gasteiger charge is -2.10. The molecule has 0 unspecified atom stereocenters. The Morgan fingerprint density at radius 1 is 1.04 bits per heavy atom. The SMILES string of the molecule is CC(C)NC(=O)NCc1ccc(C(=O)NCCSCc2ccccc2F)cc1. The molecule has 0 saturated heterocycles. The Bertz CT molecular complexity index is 781. The van der Waals surface area contributed by atoms with Gasteiger partial charge in [-0.25, -0.2) is 9.18 Å². The molecule has 0 aromatic heterocycles. The van der Waals surface area contributed by atoms with Crippen molar-refractivity contribution in [3.8, 4) is 0 Å². The zero-order valence-electron chi connectivity index (χ0n) is 16.1. The lowest BCUT2D eigenvalue weighted by atomic mass is 10.1. The number of carbonyl (C=O) groups excluding carboxylic acids is 2. The van der Waals surface area contributed by atoms with Gasteiger partial charge in [0, 0.05) is 36.2 Å². The molecular formula is C21H26FN3O2S. The van der Waals surface area contributed by atoms with E-state index < -0.39 is 0 Å². The highest BCUT2D eigenvalue weighted by molar-refractivity contribution is 7.98. The standard InChI is InChI=1S/C21H26FN3O2S/c1-15(2)25-21(27)24-13-16-7-9-17(10-8-16)20(26)23-11-12-28-14-18-5-3-4-6-19(18)22/h3-10,15H,11-14H2,1-2H3,(H,23,26)(H2,24,25,27). The molecule has 0 bridgehead atoms. The van der Waals surface area contributed by atoms with Crippen molar-refractivity contribution in [2.24, 2.45) is 0 Å². The first-order chi connectivity index (χ1) is 13.5. The summed E-state index contributed by atoms with van der Waals surface area (Å²) < 4.78 is 13.5. The van der Waals surface area contributed by atoms with Gasteiger partial charge in [-0.3, -0.25) is 4.79 Å². The molecule has 2 aromatic rings. The normalized spacial score (nSPS) is 10.6. The quantitative estimate of drug-likeness (QED) is 0.559. The molecule has 3 N–H and O–H groups in total. The second kappa shape index (κ2) is 11.3. The third kappa shape index (κ3) is 7.60. The summed E-state index contributed by atoms with van der Waals surface area (Å²) >= 11 is 1.57. The molecule has 0 atom stereocenters. The number of urea groups is 1. The largest absolute Gasteiger partial charge is 0.351 e. The lowest BCUT2D eigenvalue weighted by Crippen LogP contribution is -2.39. The minimum atomic E-state index is -0.218. The molecule has 0 aliphatic heterocycles. The number of halogens is 1. The molecule has 2 aromatic carbocycles. The van der Waals surface area contributed by atoms with E-state index in [4.69, 9.17) is 0 Å². The number of thioether (sulfide) groups is 1. The fourth-order valence-electron chi connectivity index (χ4n) is 2.41. The van der Waals surface area contributed by atoms with Crippen molar-refractivity contribution in [2.75, 3.05) is 12.3 Å². The summed E-state index contributed by atoms with van der Waals surface area (Å²) in [5.41, 5.74) is 2.15. The van der Waals surface area contributed by atoms with Gasteiger partial charge < -0.3 is 16.0 Å². The van der Waals surface area contributed by atoms with Crippen molar-refractivity contribution in [1.82, 2.24) is 16.0 Å². The van der Waals surface area contributed by atoms with Crippen LogP contribution in [0.2, 0.25) is 0 Å². The summed E-state index contributed by atoms with van der Waals surface area (Å²) in [5, 5.41) is 8.38. The van der Waals surface area contributed by atoms with Crippen LogP contribution in [0.4, 0.5) is 9.18 Å². The molecule has 2 rings (SSSR count). The van der Waals surface area contributed by atoms with Crippen molar-refractivity contribution < 1.29 is 14.0 Å². The van der Waals surface area contributed by atoms with Crippen molar-refractivity contribution in [2.45, 2.75) is 32.2 Å². The maximum Gasteiger partial charge on any atom is 0.315 e. The number of benzene rings is 2. The van der Waals surface area contributed by atoms with E-state index in [0.717, 1.165) is 5.56 Å². The smallest absolute Gasteiger partial charge is 0.315 e. The predicted molar refractivity (Wildman–Crippen MR) is 112 cm³/mol. The van der Waals surface area contributed by atoms with Gasteiger partial charge in [0.2, 0.25) is 0 Å². The van der Waals surface area contributed by atoms with Crippen LogP contribution >= 0.6 is 11.8 Å². The molecule has 0 spiro atoms. The van der Waals surface area contributed by atoms with Crippen LogP contribution in [0.5, 0.6) is 0 Å². The molecule has 0 aliphatic rings. The fraction of sp³-hybridized carbons (Fsp3) is 0.333. The Morgan fingerprint density at radius 2 is 1.75 bits per heavy atom. The van der Waals surface area contributed by atoms with Crippen LogP contribution in [0.3, 0.4) is 0 Å². The highest BCUT2D eigenvalue weighted by Gasteiger charge is 2.06. The van der Waals surface area contributed by atoms with E-state index in [1.165, 1.54) is 6.07 Å². The van der Waals surface area contributed by atoms with E-state index in [2.05, 4.69) is 16.0 Å². The fourth-order valence-corrected chi connectivity index (χ4v) is 3.25. The second-order valence-corrected chi connectivity index (χ2v) is 7.68. The topological polar surface area (TPSA) is 70.2 Å². The molecule has 150 valence electrons. The van der Waals surface area contributed by atoms with Crippen LogP contribution in [-0.4, -0.2) is 30.3 Å². The van der Waals surface area contributed by atoms with Crippen LogP contribution in [-0.2, 0) is 12.3 Å². The van der Waals surface area contributed by atoms with Crippen LogP contribution in [0.15, 0.2) is 48.5 Å². The van der Waals surface area contributed by atoms with Gasteiger partial charge in [-0.1, -0.05) is 30.3 Å². The van der Waals surface area contributed by atoms with E-state index in [-0.39, 0.29) is 23.8 Å². The van der Waals surface area contributed by atoms with E-state index >= 15 is 0 Å². The number of nitrogens with one attached hydrogen (secondary N) is 3. The molecule has 0 radical (unpaired) electrons. The highest BCUT2D eigenvalue weighted by Crippen LogP contribution is 2.14. The number of amides is 3. The van der Waals surface area contributed by atoms with Crippen molar-refractivity contribution in [1.29, 1.82) is 0 Å². The average Bonchev–Trinajstić information content (AvgIpc) is 2.67. The van der Waals surface area contributed by atoms with Crippen molar-refractivity contribution in [3.05, 3.63) is 71.0 Å².